The number of hydrogen-bond acceptors (Lipinski definition) is 5. The second-order valence-corrected chi connectivity index (χ2v) is 6.57. The van der Waals surface area contributed by atoms with E-state index in [-0.39, 0.29) is 19.5 Å². The first-order valence-corrected chi connectivity index (χ1v) is 7.46. The Morgan fingerprint density at radius 3 is 2.45 bits per heavy atom. The summed E-state index contributed by atoms with van der Waals surface area (Å²) in [5.41, 5.74) is 0. The fourth-order valence-electron chi connectivity index (χ4n) is 1.58. The molecule has 0 amide bonds. The highest BCUT2D eigenvalue weighted by Crippen LogP contribution is 2.13. The Kier molecular flexibility index (Phi) is 5.73. The summed E-state index contributed by atoms with van der Waals surface area (Å²) in [7, 11) is 0.512. The van der Waals surface area contributed by atoms with Gasteiger partial charge in [0.05, 0.1) is 20.1 Å². The van der Waals surface area contributed by atoms with E-state index in [0.717, 1.165) is 10.1 Å². The molecule has 0 aliphatic heterocycles. The maximum atomic E-state index is 12.2. The van der Waals surface area contributed by atoms with Crippen molar-refractivity contribution < 1.29 is 22.4 Å². The van der Waals surface area contributed by atoms with Crippen LogP contribution in [0.15, 0.2) is 16.5 Å². The normalized spacial score (nSPS) is 12.1. The predicted molar refractivity (Wildman–Crippen MR) is 73.1 cm³/mol. The average Bonchev–Trinajstić information content (AvgIpc) is 2.80. The van der Waals surface area contributed by atoms with Gasteiger partial charge >= 0.3 is 5.97 Å². The van der Waals surface area contributed by atoms with Gasteiger partial charge in [0.25, 0.3) is 10.2 Å². The van der Waals surface area contributed by atoms with Gasteiger partial charge in [0.15, 0.2) is 0 Å². The van der Waals surface area contributed by atoms with Crippen molar-refractivity contribution in [2.24, 2.45) is 0 Å². The maximum Gasteiger partial charge on any atom is 0.306 e. The zero-order valence-electron chi connectivity index (χ0n) is 12.1. The largest absolute Gasteiger partial charge is 0.469 e. The molecule has 1 rings (SSSR count). The zero-order chi connectivity index (χ0) is 15.3. The van der Waals surface area contributed by atoms with Crippen LogP contribution in [0.4, 0.5) is 0 Å². The maximum absolute atomic E-state index is 12.2. The molecule has 0 fully saturated rings. The Labute approximate surface area is 119 Å². The van der Waals surface area contributed by atoms with E-state index < -0.39 is 16.2 Å². The molecular formula is C12H20N2O5S. The number of nitrogens with zero attached hydrogens (tertiary/aromatic N) is 2. The number of hydrogen-bond donors (Lipinski definition) is 0. The van der Waals surface area contributed by atoms with Crippen LogP contribution in [0.25, 0.3) is 0 Å². The SMILES string of the molecule is COC(=O)CCN(C)S(=O)(=O)N(C)Cc1ccc(C)o1. The number of carbonyl (C=O) groups excluding carboxylic acids is 1. The summed E-state index contributed by atoms with van der Waals surface area (Å²) < 4.78 is 36.5. The van der Waals surface area contributed by atoms with Gasteiger partial charge in [0.2, 0.25) is 0 Å². The molecule has 0 unspecified atom stereocenters. The number of carbonyl (C=O) groups is 1. The zero-order valence-corrected chi connectivity index (χ0v) is 12.9. The minimum absolute atomic E-state index is 0.0138. The molecule has 0 aliphatic carbocycles. The van der Waals surface area contributed by atoms with Crippen LogP contribution >= 0.6 is 0 Å². The van der Waals surface area contributed by atoms with Crippen molar-refractivity contribution >= 4 is 16.2 Å². The lowest BCUT2D eigenvalue weighted by molar-refractivity contribution is -0.140. The molecule has 20 heavy (non-hydrogen) atoms. The highest BCUT2D eigenvalue weighted by molar-refractivity contribution is 7.86. The molecular weight excluding hydrogens is 284 g/mol. The number of methoxy groups -OCH3 is 1. The van der Waals surface area contributed by atoms with E-state index in [1.165, 1.54) is 25.5 Å². The Bertz CT molecular complexity index is 552. The van der Waals surface area contributed by atoms with Crippen LogP contribution in [0.1, 0.15) is 17.9 Å². The van der Waals surface area contributed by atoms with E-state index >= 15 is 0 Å². The second kappa shape index (κ2) is 6.87. The van der Waals surface area contributed by atoms with Gasteiger partial charge in [0, 0.05) is 20.6 Å². The van der Waals surface area contributed by atoms with E-state index in [2.05, 4.69) is 4.74 Å². The fraction of sp³-hybridized carbons (Fsp3) is 0.583. The quantitative estimate of drug-likeness (QED) is 0.695. The van der Waals surface area contributed by atoms with Crippen LogP contribution in [-0.4, -0.2) is 50.7 Å². The highest BCUT2D eigenvalue weighted by atomic mass is 32.2. The highest BCUT2D eigenvalue weighted by Gasteiger charge is 2.25. The summed E-state index contributed by atoms with van der Waals surface area (Å²) >= 11 is 0. The minimum Gasteiger partial charge on any atom is -0.469 e. The molecule has 0 saturated heterocycles. The predicted octanol–water partition coefficient (Wildman–Crippen LogP) is 0.760. The van der Waals surface area contributed by atoms with Gasteiger partial charge in [-0.25, -0.2) is 0 Å². The Morgan fingerprint density at radius 1 is 1.30 bits per heavy atom. The first-order chi connectivity index (χ1) is 9.27. The number of aryl methyl sites for hydroxylation is 1. The molecule has 0 spiro atoms. The minimum atomic E-state index is -3.63. The van der Waals surface area contributed by atoms with Crippen LogP contribution in [0.3, 0.4) is 0 Å². The third kappa shape index (κ3) is 4.32. The van der Waals surface area contributed by atoms with Gasteiger partial charge in [-0.2, -0.15) is 17.0 Å². The lowest BCUT2D eigenvalue weighted by Gasteiger charge is -2.23. The molecule has 114 valence electrons. The van der Waals surface area contributed by atoms with Crippen LogP contribution < -0.4 is 0 Å². The van der Waals surface area contributed by atoms with Gasteiger partial charge in [-0.1, -0.05) is 0 Å². The third-order valence-corrected chi connectivity index (χ3v) is 4.71. The molecule has 0 atom stereocenters. The summed E-state index contributed by atoms with van der Waals surface area (Å²) in [6.45, 7) is 2.00. The van der Waals surface area contributed by atoms with Gasteiger partial charge in [-0.15, -0.1) is 0 Å². The van der Waals surface area contributed by atoms with E-state index in [1.54, 1.807) is 19.1 Å². The van der Waals surface area contributed by atoms with Crippen molar-refractivity contribution in [3.63, 3.8) is 0 Å². The molecule has 0 bridgehead atoms. The molecule has 7 nitrogen and oxygen atoms in total. The summed E-state index contributed by atoms with van der Waals surface area (Å²) in [5, 5.41) is 0. The van der Waals surface area contributed by atoms with Crippen LogP contribution in [-0.2, 0) is 26.3 Å². The molecule has 1 heterocycles. The van der Waals surface area contributed by atoms with Gasteiger partial charge in [-0.05, 0) is 19.1 Å². The van der Waals surface area contributed by atoms with E-state index in [1.807, 2.05) is 0 Å². The van der Waals surface area contributed by atoms with E-state index in [0.29, 0.717) is 5.76 Å². The molecule has 0 aliphatic rings. The second-order valence-electron chi connectivity index (χ2n) is 4.42. The molecule has 1 aromatic heterocycles. The molecule has 8 heteroatoms. The van der Waals surface area contributed by atoms with Crippen molar-refractivity contribution in [2.45, 2.75) is 19.9 Å². The summed E-state index contributed by atoms with van der Waals surface area (Å²) in [4.78, 5) is 11.0. The van der Waals surface area contributed by atoms with E-state index in [9.17, 15) is 13.2 Å². The molecule has 0 saturated carbocycles. The van der Waals surface area contributed by atoms with Crippen molar-refractivity contribution in [2.75, 3.05) is 27.7 Å². The fourth-order valence-corrected chi connectivity index (χ4v) is 2.66. The number of rotatable bonds is 7. The van der Waals surface area contributed by atoms with Gasteiger partial charge in [-0.3, -0.25) is 4.79 Å². The summed E-state index contributed by atoms with van der Waals surface area (Å²) in [6, 6.07) is 3.51. The number of esters is 1. The van der Waals surface area contributed by atoms with Crippen molar-refractivity contribution in [1.82, 2.24) is 8.61 Å². The molecule has 1 aromatic rings. The summed E-state index contributed by atoms with van der Waals surface area (Å²) in [6.07, 6.45) is 0.0138. The Morgan fingerprint density at radius 2 is 1.95 bits per heavy atom. The van der Waals surface area contributed by atoms with Gasteiger partial charge in [0.1, 0.15) is 11.5 Å². The van der Waals surface area contributed by atoms with E-state index in [4.69, 9.17) is 4.42 Å². The topological polar surface area (TPSA) is 80.1 Å². The lowest BCUT2D eigenvalue weighted by Crippen LogP contribution is -2.40. The van der Waals surface area contributed by atoms with Crippen LogP contribution in [0.2, 0.25) is 0 Å². The standard InChI is InChI=1S/C12H20N2O5S/c1-10-5-6-11(19-10)9-14(3)20(16,17)13(2)8-7-12(15)18-4/h5-6H,7-9H2,1-4H3. The third-order valence-electron chi connectivity index (χ3n) is 2.82. The van der Waals surface area contributed by atoms with Crippen LogP contribution in [0.5, 0.6) is 0 Å². The number of furan rings is 1. The van der Waals surface area contributed by atoms with Gasteiger partial charge < -0.3 is 9.15 Å². The smallest absolute Gasteiger partial charge is 0.306 e. The van der Waals surface area contributed by atoms with Crippen molar-refractivity contribution in [3.05, 3.63) is 23.7 Å². The monoisotopic (exact) mass is 304 g/mol. The lowest BCUT2D eigenvalue weighted by atomic mass is 10.4. The van der Waals surface area contributed by atoms with Crippen molar-refractivity contribution in [1.29, 1.82) is 0 Å². The molecule has 0 N–H and O–H groups in total. The first-order valence-electron chi connectivity index (χ1n) is 6.07. The Balaban J connectivity index is 2.64. The van der Waals surface area contributed by atoms with Crippen molar-refractivity contribution in [3.8, 4) is 0 Å². The van der Waals surface area contributed by atoms with Crippen LogP contribution in [0, 0.1) is 6.92 Å². The Hall–Kier alpha value is -1.38. The molecule has 0 radical (unpaired) electrons. The average molecular weight is 304 g/mol. The summed E-state index contributed by atoms with van der Waals surface area (Å²) in [5.74, 6) is 0.844. The number of ether oxygens (including phenoxy) is 1. The first kappa shape index (κ1) is 16.7. The molecule has 0 aromatic carbocycles.